The van der Waals surface area contributed by atoms with E-state index in [-0.39, 0.29) is 6.04 Å². The predicted octanol–water partition coefficient (Wildman–Crippen LogP) is 2.65. The normalized spacial score (nSPS) is 20.9. The molecule has 1 aliphatic rings. The van der Waals surface area contributed by atoms with Gasteiger partial charge in [-0.25, -0.2) is 0 Å². The van der Waals surface area contributed by atoms with E-state index in [9.17, 15) is 0 Å². The lowest BCUT2D eigenvalue weighted by atomic mass is 10.1. The molecule has 1 atom stereocenters. The van der Waals surface area contributed by atoms with Gasteiger partial charge in [-0.15, -0.1) is 0 Å². The van der Waals surface area contributed by atoms with Gasteiger partial charge < -0.3 is 5.32 Å². The maximum atomic E-state index is 4.53. The largest absolute Gasteiger partial charge is 0.348 e. The Balaban J connectivity index is 2.31. The second kappa shape index (κ2) is 3.66. The number of allylic oxidation sites excluding steroid dienone is 1. The lowest BCUT2D eigenvalue weighted by Crippen LogP contribution is -2.23. The van der Waals surface area contributed by atoms with Gasteiger partial charge in [0.25, 0.3) is 0 Å². The Morgan fingerprint density at radius 3 is 2.50 bits per heavy atom. The van der Waals surface area contributed by atoms with Gasteiger partial charge in [0.2, 0.25) is 0 Å². The molecule has 2 heteroatoms. The van der Waals surface area contributed by atoms with Crippen LogP contribution in [0.3, 0.4) is 0 Å². The molecule has 1 N–H and O–H groups in total. The van der Waals surface area contributed by atoms with E-state index in [1.807, 2.05) is 25.1 Å². The van der Waals surface area contributed by atoms with Crippen LogP contribution >= 0.6 is 0 Å². The van der Waals surface area contributed by atoms with Crippen LogP contribution in [0.15, 0.2) is 47.1 Å². The molecule has 0 amide bonds. The van der Waals surface area contributed by atoms with E-state index in [0.717, 1.165) is 5.84 Å². The molecule has 0 aliphatic carbocycles. The lowest BCUT2D eigenvalue weighted by molar-refractivity contribution is 0.841. The molecule has 0 aromatic heterocycles. The van der Waals surface area contributed by atoms with Crippen LogP contribution in [0.1, 0.15) is 25.5 Å². The number of hydrogen-bond acceptors (Lipinski definition) is 2. The Morgan fingerprint density at radius 2 is 1.86 bits per heavy atom. The van der Waals surface area contributed by atoms with Crippen molar-refractivity contribution in [3.8, 4) is 0 Å². The highest BCUT2D eigenvalue weighted by Gasteiger charge is 2.11. The highest BCUT2D eigenvalue weighted by Crippen LogP contribution is 2.22. The standard InChI is InChI=1S/C12H14N2/c1-9-8-12(14-10(2)13-9)11-6-4-3-5-7-11/h3-8,12H,1-2H3,(H,13,14). The van der Waals surface area contributed by atoms with Crippen LogP contribution in [0.4, 0.5) is 0 Å². The van der Waals surface area contributed by atoms with E-state index in [4.69, 9.17) is 0 Å². The molecule has 14 heavy (non-hydrogen) atoms. The number of nitrogens with zero attached hydrogens (tertiary/aromatic N) is 1. The molecule has 0 radical (unpaired) electrons. The highest BCUT2D eigenvalue weighted by molar-refractivity contribution is 5.82. The molecule has 1 aliphatic heterocycles. The Hall–Kier alpha value is -1.57. The first kappa shape index (κ1) is 9.00. The maximum absolute atomic E-state index is 4.53. The number of amidine groups is 1. The average Bonchev–Trinajstić information content (AvgIpc) is 2.18. The van der Waals surface area contributed by atoms with Gasteiger partial charge in [0.05, 0.1) is 11.9 Å². The first-order valence-electron chi connectivity index (χ1n) is 4.80. The molecule has 2 rings (SSSR count). The van der Waals surface area contributed by atoms with Gasteiger partial charge in [-0.2, -0.15) is 0 Å². The fraction of sp³-hybridized carbons (Fsp3) is 0.250. The molecule has 0 fully saturated rings. The molecule has 0 spiro atoms. The number of aliphatic imine (C=N–C) groups is 1. The van der Waals surface area contributed by atoms with Crippen molar-refractivity contribution in [3.63, 3.8) is 0 Å². The van der Waals surface area contributed by atoms with E-state index in [1.54, 1.807) is 0 Å². The fourth-order valence-electron chi connectivity index (χ4n) is 1.66. The third-order valence-corrected chi connectivity index (χ3v) is 2.26. The van der Waals surface area contributed by atoms with Crippen molar-refractivity contribution in [2.75, 3.05) is 0 Å². The van der Waals surface area contributed by atoms with Gasteiger partial charge in [0.15, 0.2) is 0 Å². The zero-order valence-corrected chi connectivity index (χ0v) is 8.49. The summed E-state index contributed by atoms with van der Waals surface area (Å²) in [7, 11) is 0. The second-order valence-electron chi connectivity index (χ2n) is 3.54. The maximum Gasteiger partial charge on any atom is 0.0984 e. The molecule has 2 nitrogen and oxygen atoms in total. The average molecular weight is 186 g/mol. The quantitative estimate of drug-likeness (QED) is 0.716. The van der Waals surface area contributed by atoms with Gasteiger partial charge in [0.1, 0.15) is 0 Å². The van der Waals surface area contributed by atoms with Gasteiger partial charge >= 0.3 is 0 Å². The van der Waals surface area contributed by atoms with Gasteiger partial charge in [0, 0.05) is 5.70 Å². The first-order chi connectivity index (χ1) is 6.75. The summed E-state index contributed by atoms with van der Waals surface area (Å²) in [6, 6.07) is 10.5. The monoisotopic (exact) mass is 186 g/mol. The van der Waals surface area contributed by atoms with E-state index in [2.05, 4.69) is 35.4 Å². The summed E-state index contributed by atoms with van der Waals surface area (Å²) in [4.78, 5) is 4.53. The molecule has 0 saturated carbocycles. The van der Waals surface area contributed by atoms with Gasteiger partial charge in [-0.05, 0) is 25.5 Å². The zero-order chi connectivity index (χ0) is 9.97. The topological polar surface area (TPSA) is 24.4 Å². The van der Waals surface area contributed by atoms with Crippen molar-refractivity contribution in [1.29, 1.82) is 0 Å². The van der Waals surface area contributed by atoms with E-state index >= 15 is 0 Å². The number of benzene rings is 1. The smallest absolute Gasteiger partial charge is 0.0984 e. The third kappa shape index (κ3) is 1.84. The molecular weight excluding hydrogens is 172 g/mol. The minimum absolute atomic E-state index is 0.178. The van der Waals surface area contributed by atoms with E-state index < -0.39 is 0 Å². The van der Waals surface area contributed by atoms with Crippen molar-refractivity contribution in [3.05, 3.63) is 47.7 Å². The van der Waals surface area contributed by atoms with Crippen LogP contribution in [-0.2, 0) is 0 Å². The summed E-state index contributed by atoms with van der Waals surface area (Å²) in [5.41, 5.74) is 2.42. The molecule has 1 aromatic carbocycles. The molecular formula is C12H14N2. The number of nitrogens with one attached hydrogen (secondary N) is 1. The Kier molecular flexibility index (Phi) is 2.35. The molecule has 0 bridgehead atoms. The summed E-state index contributed by atoms with van der Waals surface area (Å²) in [5, 5.41) is 3.19. The Labute approximate surface area is 84.4 Å². The lowest BCUT2D eigenvalue weighted by Gasteiger charge is -2.18. The summed E-state index contributed by atoms with van der Waals surface area (Å²) < 4.78 is 0. The van der Waals surface area contributed by atoms with Gasteiger partial charge in [-0.1, -0.05) is 30.3 Å². The van der Waals surface area contributed by atoms with Crippen LogP contribution < -0.4 is 5.32 Å². The summed E-state index contributed by atoms with van der Waals surface area (Å²) in [6.45, 7) is 4.06. The summed E-state index contributed by atoms with van der Waals surface area (Å²) in [6.07, 6.45) is 2.14. The van der Waals surface area contributed by atoms with Crippen LogP contribution in [-0.4, -0.2) is 5.84 Å². The summed E-state index contributed by atoms with van der Waals surface area (Å²) in [5.74, 6) is 0.985. The zero-order valence-electron chi connectivity index (χ0n) is 8.49. The van der Waals surface area contributed by atoms with Gasteiger partial charge in [-0.3, -0.25) is 4.99 Å². The van der Waals surface area contributed by atoms with Crippen LogP contribution in [0.2, 0.25) is 0 Å². The Bertz CT molecular complexity index is 359. The van der Waals surface area contributed by atoms with E-state index in [1.165, 1.54) is 11.3 Å². The minimum Gasteiger partial charge on any atom is -0.348 e. The number of hydrogen-bond donors (Lipinski definition) is 1. The van der Waals surface area contributed by atoms with Crippen molar-refractivity contribution >= 4 is 5.84 Å². The molecule has 0 saturated heterocycles. The van der Waals surface area contributed by atoms with Crippen molar-refractivity contribution in [2.24, 2.45) is 4.99 Å². The van der Waals surface area contributed by atoms with E-state index in [0.29, 0.717) is 0 Å². The highest BCUT2D eigenvalue weighted by atomic mass is 15.0. The minimum atomic E-state index is 0.178. The summed E-state index contributed by atoms with van der Waals surface area (Å²) >= 11 is 0. The fourth-order valence-corrected chi connectivity index (χ4v) is 1.66. The van der Waals surface area contributed by atoms with Crippen LogP contribution in [0.25, 0.3) is 0 Å². The third-order valence-electron chi connectivity index (χ3n) is 2.26. The Morgan fingerprint density at radius 1 is 1.14 bits per heavy atom. The van der Waals surface area contributed by atoms with Crippen molar-refractivity contribution < 1.29 is 0 Å². The predicted molar refractivity (Wildman–Crippen MR) is 59.2 cm³/mol. The molecule has 1 unspecified atom stereocenters. The van der Waals surface area contributed by atoms with Crippen molar-refractivity contribution in [2.45, 2.75) is 19.9 Å². The first-order valence-corrected chi connectivity index (χ1v) is 4.80. The van der Waals surface area contributed by atoms with Crippen molar-refractivity contribution in [1.82, 2.24) is 5.32 Å². The second-order valence-corrected chi connectivity index (χ2v) is 3.54. The number of rotatable bonds is 1. The molecule has 1 aromatic rings. The van der Waals surface area contributed by atoms with Crippen LogP contribution in [0.5, 0.6) is 0 Å². The molecule has 72 valence electrons. The molecule has 1 heterocycles. The SMILES string of the molecule is CC1=CC(c2ccccc2)N=C(C)N1. The van der Waals surface area contributed by atoms with Crippen LogP contribution in [0, 0.1) is 0 Å².